The van der Waals surface area contributed by atoms with Crippen molar-refractivity contribution in [2.24, 2.45) is 5.41 Å². The molecule has 2 aromatic carbocycles. The third-order valence-electron chi connectivity index (χ3n) is 3.29. The summed E-state index contributed by atoms with van der Waals surface area (Å²) in [6.45, 7) is 10.8. The summed E-state index contributed by atoms with van der Waals surface area (Å²) in [4.78, 5) is 0. The third-order valence-corrected chi connectivity index (χ3v) is 3.29. The zero-order chi connectivity index (χ0) is 15.3. The van der Waals surface area contributed by atoms with Gasteiger partial charge in [0.05, 0.1) is 0 Å². The van der Waals surface area contributed by atoms with E-state index >= 15 is 0 Å². The molecule has 0 unspecified atom stereocenters. The topological polar surface area (TPSA) is 0 Å². The summed E-state index contributed by atoms with van der Waals surface area (Å²) >= 11 is 0. The van der Waals surface area contributed by atoms with Crippen molar-refractivity contribution >= 4 is 6.08 Å². The second-order valence-corrected chi connectivity index (χ2v) is 6.72. The summed E-state index contributed by atoms with van der Waals surface area (Å²) in [6.07, 6.45) is 5.29. The van der Waals surface area contributed by atoms with Crippen molar-refractivity contribution in [3.05, 3.63) is 78.4 Å². The van der Waals surface area contributed by atoms with Crippen LogP contribution < -0.4 is 0 Å². The maximum absolute atomic E-state index is 4.13. The van der Waals surface area contributed by atoms with Gasteiger partial charge in [-0.1, -0.05) is 99.7 Å². The van der Waals surface area contributed by atoms with E-state index in [1.807, 2.05) is 6.07 Å². The fourth-order valence-electron chi connectivity index (χ4n) is 2.37. The average molecular weight is 276 g/mol. The van der Waals surface area contributed by atoms with Gasteiger partial charge in [0.1, 0.15) is 0 Å². The molecule has 0 N–H and O–H groups in total. The molecule has 0 atom stereocenters. The van der Waals surface area contributed by atoms with E-state index < -0.39 is 0 Å². The van der Waals surface area contributed by atoms with Crippen LogP contribution in [0.25, 0.3) is 17.2 Å². The van der Waals surface area contributed by atoms with Crippen molar-refractivity contribution < 1.29 is 0 Å². The Bertz CT molecular complexity index is 607. The Labute approximate surface area is 128 Å². The monoisotopic (exact) mass is 276 g/mol. The van der Waals surface area contributed by atoms with Crippen molar-refractivity contribution in [3.8, 4) is 11.1 Å². The average Bonchev–Trinajstić information content (AvgIpc) is 2.45. The summed E-state index contributed by atoms with van der Waals surface area (Å²) in [5.41, 5.74) is 5.18. The Balaban J connectivity index is 2.05. The van der Waals surface area contributed by atoms with Gasteiger partial charge in [0, 0.05) is 0 Å². The molecule has 0 radical (unpaired) electrons. The van der Waals surface area contributed by atoms with Crippen LogP contribution in [0.15, 0.2) is 72.8 Å². The molecule has 0 fully saturated rings. The van der Waals surface area contributed by atoms with Gasteiger partial charge < -0.3 is 0 Å². The van der Waals surface area contributed by atoms with Crippen LogP contribution in [0.2, 0.25) is 0 Å². The molecule has 0 aliphatic heterocycles. The summed E-state index contributed by atoms with van der Waals surface area (Å²) in [5, 5.41) is 0. The third kappa shape index (κ3) is 5.07. The van der Waals surface area contributed by atoms with Crippen LogP contribution in [0.5, 0.6) is 0 Å². The van der Waals surface area contributed by atoms with Gasteiger partial charge in [-0.15, -0.1) is 0 Å². The van der Waals surface area contributed by atoms with E-state index in [2.05, 4.69) is 88.0 Å². The Hall–Kier alpha value is -2.08. The maximum Gasteiger partial charge on any atom is -0.0184 e. The molecule has 21 heavy (non-hydrogen) atoms. The first-order chi connectivity index (χ1) is 9.94. The SMILES string of the molecule is C=C(/C=C/c1ccc(-c2ccccc2)cc1)CC(C)(C)C. The lowest BCUT2D eigenvalue weighted by Crippen LogP contribution is -2.04. The summed E-state index contributed by atoms with van der Waals surface area (Å²) < 4.78 is 0. The van der Waals surface area contributed by atoms with Crippen LogP contribution in [0, 0.1) is 5.41 Å². The summed E-state index contributed by atoms with van der Waals surface area (Å²) in [6, 6.07) is 19.1. The minimum absolute atomic E-state index is 0.290. The van der Waals surface area contributed by atoms with Crippen LogP contribution in [0.1, 0.15) is 32.8 Å². The van der Waals surface area contributed by atoms with Gasteiger partial charge in [-0.2, -0.15) is 0 Å². The molecule has 0 aliphatic carbocycles. The molecule has 0 aliphatic rings. The molecule has 0 saturated carbocycles. The lowest BCUT2D eigenvalue weighted by atomic mass is 9.88. The lowest BCUT2D eigenvalue weighted by molar-refractivity contribution is 0.414. The molecule has 0 nitrogen and oxygen atoms in total. The second kappa shape index (κ2) is 6.58. The van der Waals surface area contributed by atoms with E-state index in [4.69, 9.17) is 0 Å². The highest BCUT2D eigenvalue weighted by Gasteiger charge is 2.10. The standard InChI is InChI=1S/C21H24/c1-17(16-21(2,3)4)10-11-18-12-14-20(15-13-18)19-8-6-5-7-9-19/h5-15H,1,16H2,2-4H3/b11-10+. The van der Waals surface area contributed by atoms with Gasteiger partial charge in [0.2, 0.25) is 0 Å². The summed E-state index contributed by atoms with van der Waals surface area (Å²) in [5.74, 6) is 0. The van der Waals surface area contributed by atoms with Gasteiger partial charge in [0.25, 0.3) is 0 Å². The quantitative estimate of drug-likeness (QED) is 0.570. The molecule has 0 spiro atoms. The molecule has 0 bridgehead atoms. The van der Waals surface area contributed by atoms with Crippen molar-refractivity contribution in [1.29, 1.82) is 0 Å². The number of hydrogen-bond donors (Lipinski definition) is 0. The van der Waals surface area contributed by atoms with Crippen molar-refractivity contribution in [2.75, 3.05) is 0 Å². The van der Waals surface area contributed by atoms with Crippen LogP contribution in [0.3, 0.4) is 0 Å². The first-order valence-corrected chi connectivity index (χ1v) is 7.45. The molecular formula is C21H24. The van der Waals surface area contributed by atoms with Crippen LogP contribution in [-0.2, 0) is 0 Å². The highest BCUT2D eigenvalue weighted by Crippen LogP contribution is 2.24. The van der Waals surface area contributed by atoms with Gasteiger partial charge in [-0.3, -0.25) is 0 Å². The van der Waals surface area contributed by atoms with E-state index in [-0.39, 0.29) is 0 Å². The molecule has 108 valence electrons. The van der Waals surface area contributed by atoms with E-state index in [1.165, 1.54) is 22.3 Å². The Morgan fingerprint density at radius 2 is 1.48 bits per heavy atom. The van der Waals surface area contributed by atoms with Crippen molar-refractivity contribution in [3.63, 3.8) is 0 Å². The molecule has 0 heteroatoms. The van der Waals surface area contributed by atoms with Crippen LogP contribution in [0.4, 0.5) is 0 Å². The number of hydrogen-bond acceptors (Lipinski definition) is 0. The Morgan fingerprint density at radius 3 is 2.05 bits per heavy atom. The highest BCUT2D eigenvalue weighted by atomic mass is 14.1. The Morgan fingerprint density at radius 1 is 0.905 bits per heavy atom. The largest absolute Gasteiger partial charge is 0.0958 e. The second-order valence-electron chi connectivity index (χ2n) is 6.72. The van der Waals surface area contributed by atoms with Crippen molar-refractivity contribution in [2.45, 2.75) is 27.2 Å². The van der Waals surface area contributed by atoms with E-state index in [0.29, 0.717) is 5.41 Å². The molecule has 0 saturated heterocycles. The molecule has 0 amide bonds. The summed E-state index contributed by atoms with van der Waals surface area (Å²) in [7, 11) is 0. The minimum atomic E-state index is 0.290. The number of benzene rings is 2. The minimum Gasteiger partial charge on any atom is -0.0958 e. The molecule has 0 heterocycles. The number of rotatable bonds is 4. The number of allylic oxidation sites excluding steroid dienone is 2. The fourth-order valence-corrected chi connectivity index (χ4v) is 2.37. The molecular weight excluding hydrogens is 252 g/mol. The van der Waals surface area contributed by atoms with Gasteiger partial charge in [0.15, 0.2) is 0 Å². The highest BCUT2D eigenvalue weighted by molar-refractivity contribution is 5.65. The van der Waals surface area contributed by atoms with Gasteiger partial charge >= 0.3 is 0 Å². The van der Waals surface area contributed by atoms with Gasteiger partial charge in [-0.05, 0) is 28.5 Å². The molecule has 2 rings (SSSR count). The van der Waals surface area contributed by atoms with E-state index in [1.54, 1.807) is 0 Å². The maximum atomic E-state index is 4.13. The van der Waals surface area contributed by atoms with E-state index in [0.717, 1.165) is 6.42 Å². The normalized spacial score (nSPS) is 11.8. The fraction of sp³-hybridized carbons (Fsp3) is 0.238. The predicted molar refractivity (Wildman–Crippen MR) is 94.1 cm³/mol. The van der Waals surface area contributed by atoms with Crippen molar-refractivity contribution in [1.82, 2.24) is 0 Å². The Kier molecular flexibility index (Phi) is 4.80. The molecule has 2 aromatic rings. The van der Waals surface area contributed by atoms with Gasteiger partial charge in [-0.25, -0.2) is 0 Å². The first kappa shape index (κ1) is 15.3. The smallest absolute Gasteiger partial charge is 0.0184 e. The first-order valence-electron chi connectivity index (χ1n) is 7.45. The van der Waals surface area contributed by atoms with Crippen LogP contribution in [-0.4, -0.2) is 0 Å². The molecule has 0 aromatic heterocycles. The van der Waals surface area contributed by atoms with E-state index in [9.17, 15) is 0 Å². The predicted octanol–water partition coefficient (Wildman–Crippen LogP) is 6.36. The zero-order valence-corrected chi connectivity index (χ0v) is 13.3. The van der Waals surface area contributed by atoms with Crippen LogP contribution >= 0.6 is 0 Å². The zero-order valence-electron chi connectivity index (χ0n) is 13.3. The lowest BCUT2D eigenvalue weighted by Gasteiger charge is -2.17.